The van der Waals surface area contributed by atoms with Crippen molar-refractivity contribution in [2.45, 2.75) is 32.1 Å². The molecule has 0 N–H and O–H groups in total. The van der Waals surface area contributed by atoms with Gasteiger partial charge in [-0.3, -0.25) is 4.79 Å². The second kappa shape index (κ2) is 7.31. The maximum absolute atomic E-state index is 12.2. The van der Waals surface area contributed by atoms with Gasteiger partial charge in [0.15, 0.2) is 5.16 Å². The van der Waals surface area contributed by atoms with Crippen molar-refractivity contribution in [2.24, 2.45) is 0 Å². The maximum Gasteiger partial charge on any atom is 0.233 e. The van der Waals surface area contributed by atoms with Crippen LogP contribution in [0.4, 0.5) is 0 Å². The SMILES string of the molecule is C=CCn1c(C)nnc1SCC(=O)N(C)Cc1ccc(C)o1. The van der Waals surface area contributed by atoms with E-state index in [-0.39, 0.29) is 5.91 Å². The molecule has 0 aliphatic heterocycles. The third-order valence-corrected chi connectivity index (χ3v) is 4.10. The van der Waals surface area contributed by atoms with Crippen molar-refractivity contribution < 1.29 is 9.21 Å². The lowest BCUT2D eigenvalue weighted by Crippen LogP contribution is -2.27. The number of carbonyl (C=O) groups excluding carboxylic acids is 1. The molecule has 0 unspecified atom stereocenters. The van der Waals surface area contributed by atoms with Gasteiger partial charge in [-0.05, 0) is 26.0 Å². The van der Waals surface area contributed by atoms with E-state index >= 15 is 0 Å². The van der Waals surface area contributed by atoms with Crippen LogP contribution in [-0.4, -0.2) is 38.4 Å². The molecule has 0 aliphatic carbocycles. The molecule has 0 atom stereocenters. The molecule has 0 saturated carbocycles. The zero-order valence-corrected chi connectivity index (χ0v) is 13.9. The molecule has 2 aromatic rings. The van der Waals surface area contributed by atoms with E-state index in [4.69, 9.17) is 4.42 Å². The molecule has 1 amide bonds. The molecule has 0 spiro atoms. The number of hydrogen-bond donors (Lipinski definition) is 0. The minimum Gasteiger partial charge on any atom is -0.464 e. The van der Waals surface area contributed by atoms with E-state index in [1.165, 1.54) is 11.8 Å². The highest BCUT2D eigenvalue weighted by Gasteiger charge is 2.15. The van der Waals surface area contributed by atoms with Crippen molar-refractivity contribution in [3.8, 4) is 0 Å². The summed E-state index contributed by atoms with van der Waals surface area (Å²) in [6, 6.07) is 3.78. The fourth-order valence-corrected chi connectivity index (χ4v) is 2.87. The van der Waals surface area contributed by atoms with Crippen molar-refractivity contribution in [3.05, 3.63) is 42.1 Å². The van der Waals surface area contributed by atoms with Crippen molar-refractivity contribution in [1.82, 2.24) is 19.7 Å². The summed E-state index contributed by atoms with van der Waals surface area (Å²) in [5, 5.41) is 8.85. The first kappa shape index (κ1) is 16.4. The van der Waals surface area contributed by atoms with Crippen LogP contribution < -0.4 is 0 Å². The van der Waals surface area contributed by atoms with E-state index in [2.05, 4.69) is 16.8 Å². The third-order valence-electron chi connectivity index (χ3n) is 3.15. The first-order chi connectivity index (χ1) is 10.5. The molecule has 2 rings (SSSR count). The standard InChI is InChI=1S/C15H20N4O2S/c1-5-8-19-12(3)16-17-15(19)22-10-14(20)18(4)9-13-7-6-11(2)21-13/h5-7H,1,8-10H2,2-4H3. The molecular formula is C15H20N4O2S. The lowest BCUT2D eigenvalue weighted by atomic mass is 10.4. The van der Waals surface area contributed by atoms with Gasteiger partial charge in [0.05, 0.1) is 12.3 Å². The Labute approximate surface area is 134 Å². The van der Waals surface area contributed by atoms with E-state index in [9.17, 15) is 4.79 Å². The average Bonchev–Trinajstić information content (AvgIpc) is 3.04. The molecule has 6 nitrogen and oxygen atoms in total. The molecule has 22 heavy (non-hydrogen) atoms. The molecule has 7 heteroatoms. The Hall–Kier alpha value is -2.02. The van der Waals surface area contributed by atoms with Gasteiger partial charge in [-0.1, -0.05) is 17.8 Å². The smallest absolute Gasteiger partial charge is 0.233 e. The van der Waals surface area contributed by atoms with E-state index < -0.39 is 0 Å². The number of aryl methyl sites for hydroxylation is 2. The second-order valence-corrected chi connectivity index (χ2v) is 5.92. The van der Waals surface area contributed by atoms with Gasteiger partial charge >= 0.3 is 0 Å². The Bertz CT molecular complexity index is 662. The van der Waals surface area contributed by atoms with Gasteiger partial charge in [-0.2, -0.15) is 0 Å². The number of hydrogen-bond acceptors (Lipinski definition) is 5. The zero-order valence-electron chi connectivity index (χ0n) is 13.1. The van der Waals surface area contributed by atoms with Crippen molar-refractivity contribution in [3.63, 3.8) is 0 Å². The van der Waals surface area contributed by atoms with E-state index in [1.54, 1.807) is 18.0 Å². The maximum atomic E-state index is 12.2. The van der Waals surface area contributed by atoms with Crippen molar-refractivity contribution >= 4 is 17.7 Å². The summed E-state index contributed by atoms with van der Waals surface area (Å²) < 4.78 is 7.41. The summed E-state index contributed by atoms with van der Waals surface area (Å²) in [5.74, 6) is 2.77. The highest BCUT2D eigenvalue weighted by molar-refractivity contribution is 7.99. The summed E-state index contributed by atoms with van der Waals surface area (Å²) in [6.45, 7) is 8.59. The Morgan fingerprint density at radius 1 is 1.45 bits per heavy atom. The Morgan fingerprint density at radius 3 is 2.86 bits per heavy atom. The fraction of sp³-hybridized carbons (Fsp3) is 0.400. The van der Waals surface area contributed by atoms with E-state index in [0.717, 1.165) is 22.5 Å². The van der Waals surface area contributed by atoms with Crippen LogP contribution in [0.25, 0.3) is 0 Å². The topological polar surface area (TPSA) is 64.2 Å². The number of aromatic nitrogens is 3. The molecule has 0 fully saturated rings. The number of amides is 1. The van der Waals surface area contributed by atoms with Crippen LogP contribution in [0.2, 0.25) is 0 Å². The zero-order chi connectivity index (χ0) is 16.1. The number of nitrogens with zero attached hydrogens (tertiary/aromatic N) is 4. The largest absolute Gasteiger partial charge is 0.464 e. The first-order valence-electron chi connectivity index (χ1n) is 6.94. The molecule has 0 radical (unpaired) electrons. The van der Waals surface area contributed by atoms with Crippen LogP contribution in [0.5, 0.6) is 0 Å². The van der Waals surface area contributed by atoms with E-state index in [1.807, 2.05) is 30.5 Å². The normalized spacial score (nSPS) is 10.7. The van der Waals surface area contributed by atoms with Crippen LogP contribution in [0.15, 0.2) is 34.4 Å². The molecule has 0 saturated heterocycles. The summed E-state index contributed by atoms with van der Waals surface area (Å²) in [7, 11) is 1.76. The molecular weight excluding hydrogens is 300 g/mol. The Morgan fingerprint density at radius 2 is 2.23 bits per heavy atom. The van der Waals surface area contributed by atoms with Gasteiger partial charge in [0.25, 0.3) is 0 Å². The monoisotopic (exact) mass is 320 g/mol. The Balaban J connectivity index is 1.90. The van der Waals surface area contributed by atoms with Crippen LogP contribution in [0.1, 0.15) is 17.3 Å². The quantitative estimate of drug-likeness (QED) is 0.579. The molecule has 0 aromatic carbocycles. The van der Waals surface area contributed by atoms with Crippen LogP contribution in [-0.2, 0) is 17.9 Å². The van der Waals surface area contributed by atoms with Gasteiger partial charge in [0.1, 0.15) is 17.3 Å². The van der Waals surface area contributed by atoms with Gasteiger partial charge < -0.3 is 13.9 Å². The number of carbonyl (C=O) groups is 1. The van der Waals surface area contributed by atoms with Crippen LogP contribution in [0, 0.1) is 13.8 Å². The summed E-state index contributed by atoms with van der Waals surface area (Å²) in [4.78, 5) is 13.8. The molecule has 0 aliphatic rings. The van der Waals surface area contributed by atoms with Gasteiger partial charge in [-0.15, -0.1) is 16.8 Å². The highest BCUT2D eigenvalue weighted by Crippen LogP contribution is 2.18. The number of rotatable bonds is 7. The lowest BCUT2D eigenvalue weighted by molar-refractivity contribution is -0.127. The third kappa shape index (κ3) is 4.00. The molecule has 0 bridgehead atoms. The van der Waals surface area contributed by atoms with Crippen LogP contribution >= 0.6 is 11.8 Å². The highest BCUT2D eigenvalue weighted by atomic mass is 32.2. The van der Waals surface area contributed by atoms with Crippen LogP contribution in [0.3, 0.4) is 0 Å². The Kier molecular flexibility index (Phi) is 5.43. The minimum absolute atomic E-state index is 0.0184. The lowest BCUT2D eigenvalue weighted by Gasteiger charge is -2.15. The van der Waals surface area contributed by atoms with Crippen molar-refractivity contribution in [2.75, 3.05) is 12.8 Å². The summed E-state index contributed by atoms with van der Waals surface area (Å²) in [6.07, 6.45) is 1.79. The van der Waals surface area contributed by atoms with Gasteiger partial charge in [0, 0.05) is 13.6 Å². The number of thioether (sulfide) groups is 1. The fourth-order valence-electron chi connectivity index (χ4n) is 1.94. The van der Waals surface area contributed by atoms with Crippen molar-refractivity contribution in [1.29, 1.82) is 0 Å². The molecule has 118 valence electrons. The first-order valence-corrected chi connectivity index (χ1v) is 7.92. The molecule has 2 aromatic heterocycles. The van der Waals surface area contributed by atoms with Gasteiger partial charge in [0.2, 0.25) is 5.91 Å². The predicted molar refractivity (Wildman–Crippen MR) is 85.6 cm³/mol. The predicted octanol–water partition coefficient (Wildman–Crippen LogP) is 2.42. The minimum atomic E-state index is 0.0184. The summed E-state index contributed by atoms with van der Waals surface area (Å²) in [5.41, 5.74) is 0. The average molecular weight is 320 g/mol. The van der Waals surface area contributed by atoms with E-state index in [0.29, 0.717) is 18.8 Å². The second-order valence-electron chi connectivity index (χ2n) is 4.98. The number of furan rings is 1. The molecule has 2 heterocycles. The number of allylic oxidation sites excluding steroid dienone is 1. The van der Waals surface area contributed by atoms with Gasteiger partial charge in [-0.25, -0.2) is 0 Å². The summed E-state index contributed by atoms with van der Waals surface area (Å²) >= 11 is 1.38.